The molecule has 4 nitrogen and oxygen atoms in total. The van der Waals surface area contributed by atoms with E-state index < -0.39 is 0 Å². The largest absolute Gasteiger partial charge is 0.461 e. The van der Waals surface area contributed by atoms with E-state index >= 15 is 0 Å². The van der Waals surface area contributed by atoms with Crippen molar-refractivity contribution >= 4 is 22.4 Å². The maximum atomic E-state index is 11.5. The first-order valence-corrected chi connectivity index (χ1v) is 8.00. The highest BCUT2D eigenvalue weighted by Gasteiger charge is 2.21. The van der Waals surface area contributed by atoms with Crippen molar-refractivity contribution in [2.45, 2.75) is 52.0 Å². The number of ether oxygens (including phenoxy) is 1. The molecule has 0 amide bonds. The minimum Gasteiger partial charge on any atom is -0.461 e. The van der Waals surface area contributed by atoms with E-state index in [1.165, 1.54) is 43.4 Å². The molecular formula is C14H22N2O2S. The SMILES string of the molecule is CCOC(=O)c1csc(NC2CCC(CC)CC2)n1. The highest BCUT2D eigenvalue weighted by molar-refractivity contribution is 7.13. The lowest BCUT2D eigenvalue weighted by molar-refractivity contribution is 0.0520. The van der Waals surface area contributed by atoms with Gasteiger partial charge < -0.3 is 10.1 Å². The van der Waals surface area contributed by atoms with Gasteiger partial charge in [0, 0.05) is 11.4 Å². The normalized spacial score (nSPS) is 23.1. The molecule has 5 heteroatoms. The molecule has 1 heterocycles. The predicted octanol–water partition coefficient (Wildman–Crippen LogP) is 3.70. The van der Waals surface area contributed by atoms with Crippen LogP contribution in [0.5, 0.6) is 0 Å². The van der Waals surface area contributed by atoms with E-state index in [4.69, 9.17) is 4.74 Å². The van der Waals surface area contributed by atoms with Crippen molar-refractivity contribution in [1.82, 2.24) is 4.98 Å². The molecule has 1 aliphatic carbocycles. The summed E-state index contributed by atoms with van der Waals surface area (Å²) in [5, 5.41) is 6.04. The van der Waals surface area contributed by atoms with Crippen molar-refractivity contribution in [2.24, 2.45) is 5.92 Å². The smallest absolute Gasteiger partial charge is 0.357 e. The molecule has 106 valence electrons. The highest BCUT2D eigenvalue weighted by atomic mass is 32.1. The van der Waals surface area contributed by atoms with Crippen molar-refractivity contribution in [3.63, 3.8) is 0 Å². The summed E-state index contributed by atoms with van der Waals surface area (Å²) in [6, 6.07) is 0.504. The quantitative estimate of drug-likeness (QED) is 0.837. The second-order valence-electron chi connectivity index (χ2n) is 5.03. The number of aromatic nitrogens is 1. The minimum atomic E-state index is -0.332. The molecule has 0 aliphatic heterocycles. The summed E-state index contributed by atoms with van der Waals surface area (Å²) in [7, 11) is 0. The van der Waals surface area contributed by atoms with E-state index in [2.05, 4.69) is 17.2 Å². The molecule has 1 aromatic rings. The van der Waals surface area contributed by atoms with Gasteiger partial charge in [0.25, 0.3) is 0 Å². The van der Waals surface area contributed by atoms with Crippen LogP contribution >= 0.6 is 11.3 Å². The van der Waals surface area contributed by atoms with E-state index in [-0.39, 0.29) is 5.97 Å². The van der Waals surface area contributed by atoms with Crippen molar-refractivity contribution in [1.29, 1.82) is 0 Å². The fourth-order valence-electron chi connectivity index (χ4n) is 2.53. The molecule has 0 atom stereocenters. The molecule has 0 bridgehead atoms. The second kappa shape index (κ2) is 6.89. The lowest BCUT2D eigenvalue weighted by Gasteiger charge is -2.28. The topological polar surface area (TPSA) is 51.2 Å². The third-order valence-corrected chi connectivity index (χ3v) is 4.51. The maximum absolute atomic E-state index is 11.5. The van der Waals surface area contributed by atoms with Gasteiger partial charge in [-0.2, -0.15) is 0 Å². The Morgan fingerprint density at radius 3 is 2.79 bits per heavy atom. The Kier molecular flexibility index (Phi) is 5.19. The van der Waals surface area contributed by atoms with Gasteiger partial charge in [-0.05, 0) is 38.5 Å². The molecular weight excluding hydrogens is 260 g/mol. The first kappa shape index (κ1) is 14.3. The van der Waals surface area contributed by atoms with Gasteiger partial charge in [-0.1, -0.05) is 13.3 Å². The summed E-state index contributed by atoms with van der Waals surface area (Å²) in [5.74, 6) is 0.561. The van der Waals surface area contributed by atoms with Gasteiger partial charge in [-0.3, -0.25) is 0 Å². The monoisotopic (exact) mass is 282 g/mol. The molecule has 0 saturated heterocycles. The van der Waals surface area contributed by atoms with E-state index in [0.29, 0.717) is 18.3 Å². The third kappa shape index (κ3) is 3.93. The number of anilines is 1. The van der Waals surface area contributed by atoms with Crippen molar-refractivity contribution < 1.29 is 9.53 Å². The fourth-order valence-corrected chi connectivity index (χ4v) is 3.29. The van der Waals surface area contributed by atoms with E-state index in [1.807, 2.05) is 0 Å². The van der Waals surface area contributed by atoms with Gasteiger partial charge in [0.2, 0.25) is 0 Å². The maximum Gasteiger partial charge on any atom is 0.357 e. The summed E-state index contributed by atoms with van der Waals surface area (Å²) in [5.41, 5.74) is 0.414. The number of esters is 1. The van der Waals surface area contributed by atoms with Crippen LogP contribution in [-0.4, -0.2) is 23.6 Å². The number of rotatable bonds is 5. The van der Waals surface area contributed by atoms with Crippen LogP contribution in [0.15, 0.2) is 5.38 Å². The number of thiazole rings is 1. The van der Waals surface area contributed by atoms with E-state index in [9.17, 15) is 4.79 Å². The van der Waals surface area contributed by atoms with Crippen molar-refractivity contribution in [3.8, 4) is 0 Å². The summed E-state index contributed by atoms with van der Waals surface area (Å²) >= 11 is 1.48. The molecule has 0 spiro atoms. The molecule has 1 aromatic heterocycles. The van der Waals surface area contributed by atoms with Crippen LogP contribution in [0, 0.1) is 5.92 Å². The number of nitrogens with one attached hydrogen (secondary N) is 1. The summed E-state index contributed by atoms with van der Waals surface area (Å²) in [6.45, 7) is 4.46. The Morgan fingerprint density at radius 1 is 1.42 bits per heavy atom. The Balaban J connectivity index is 1.85. The average molecular weight is 282 g/mol. The van der Waals surface area contributed by atoms with Crippen molar-refractivity contribution in [2.75, 3.05) is 11.9 Å². The third-order valence-electron chi connectivity index (χ3n) is 3.74. The molecule has 1 aliphatic rings. The number of carbonyl (C=O) groups excluding carboxylic acids is 1. The van der Waals surface area contributed by atoms with Crippen LogP contribution in [-0.2, 0) is 4.74 Å². The van der Waals surface area contributed by atoms with Gasteiger partial charge in [0.15, 0.2) is 10.8 Å². The van der Waals surface area contributed by atoms with Gasteiger partial charge in [-0.25, -0.2) is 9.78 Å². The summed E-state index contributed by atoms with van der Waals surface area (Å²) in [4.78, 5) is 15.8. The first-order chi connectivity index (χ1) is 9.22. The number of hydrogen-bond acceptors (Lipinski definition) is 5. The van der Waals surface area contributed by atoms with Crippen molar-refractivity contribution in [3.05, 3.63) is 11.1 Å². The predicted molar refractivity (Wildman–Crippen MR) is 77.7 cm³/mol. The van der Waals surface area contributed by atoms with Gasteiger partial charge >= 0.3 is 5.97 Å². The molecule has 0 radical (unpaired) electrons. The number of hydrogen-bond donors (Lipinski definition) is 1. The van der Waals surface area contributed by atoms with Crippen LogP contribution in [0.3, 0.4) is 0 Å². The lowest BCUT2D eigenvalue weighted by atomic mass is 9.85. The van der Waals surface area contributed by atoms with Gasteiger partial charge in [0.1, 0.15) is 0 Å². The Hall–Kier alpha value is -1.10. The molecule has 1 saturated carbocycles. The molecule has 2 rings (SSSR count). The Morgan fingerprint density at radius 2 is 2.16 bits per heavy atom. The molecule has 19 heavy (non-hydrogen) atoms. The van der Waals surface area contributed by atoms with Gasteiger partial charge in [-0.15, -0.1) is 11.3 Å². The van der Waals surface area contributed by atoms with E-state index in [0.717, 1.165) is 11.0 Å². The molecule has 1 N–H and O–H groups in total. The highest BCUT2D eigenvalue weighted by Crippen LogP contribution is 2.29. The number of nitrogens with zero attached hydrogens (tertiary/aromatic N) is 1. The van der Waals surface area contributed by atoms with Gasteiger partial charge in [0.05, 0.1) is 6.61 Å². The number of carbonyl (C=O) groups is 1. The lowest BCUT2D eigenvalue weighted by Crippen LogP contribution is -2.25. The van der Waals surface area contributed by atoms with Crippen LogP contribution in [0.25, 0.3) is 0 Å². The standard InChI is InChI=1S/C14H22N2O2S/c1-3-10-5-7-11(8-6-10)15-14-16-12(9-19-14)13(17)18-4-2/h9-11H,3-8H2,1-2H3,(H,15,16). The van der Waals surface area contributed by atoms with Crippen LogP contribution in [0.4, 0.5) is 5.13 Å². The average Bonchev–Trinajstić information content (AvgIpc) is 2.88. The zero-order valence-electron chi connectivity index (χ0n) is 11.6. The minimum absolute atomic E-state index is 0.332. The Labute approximate surface area is 118 Å². The molecule has 0 aromatic carbocycles. The van der Waals surface area contributed by atoms with Crippen LogP contribution in [0.2, 0.25) is 0 Å². The first-order valence-electron chi connectivity index (χ1n) is 7.12. The molecule has 1 fully saturated rings. The molecule has 0 unspecified atom stereocenters. The summed E-state index contributed by atoms with van der Waals surface area (Å²) < 4.78 is 4.94. The zero-order chi connectivity index (χ0) is 13.7. The van der Waals surface area contributed by atoms with Crippen LogP contribution < -0.4 is 5.32 Å². The second-order valence-corrected chi connectivity index (χ2v) is 5.89. The van der Waals surface area contributed by atoms with E-state index in [1.54, 1.807) is 12.3 Å². The zero-order valence-corrected chi connectivity index (χ0v) is 12.5. The van der Waals surface area contributed by atoms with Crippen LogP contribution in [0.1, 0.15) is 56.4 Å². The summed E-state index contributed by atoms with van der Waals surface area (Å²) in [6.07, 6.45) is 6.28. The Bertz CT molecular complexity index is 411. The fraction of sp³-hybridized carbons (Fsp3) is 0.714.